The van der Waals surface area contributed by atoms with E-state index in [4.69, 9.17) is 0 Å². The number of urea groups is 1. The summed E-state index contributed by atoms with van der Waals surface area (Å²) in [5.74, 6) is -0.505. The molecule has 0 bridgehead atoms. The van der Waals surface area contributed by atoms with Crippen LogP contribution in [-0.2, 0) is 16.1 Å². The minimum atomic E-state index is -0.550. The van der Waals surface area contributed by atoms with Gasteiger partial charge in [-0.3, -0.25) is 9.59 Å². The normalized spacial score (nSPS) is 22.0. The molecule has 2 saturated heterocycles. The van der Waals surface area contributed by atoms with Gasteiger partial charge in [0.15, 0.2) is 0 Å². The summed E-state index contributed by atoms with van der Waals surface area (Å²) in [7, 11) is 1.70. The Bertz CT molecular complexity index is 803. The second-order valence-corrected chi connectivity index (χ2v) is 8.17. The molecule has 2 aliphatic rings. The molecule has 4 amide bonds. The second-order valence-electron chi connectivity index (χ2n) is 8.17. The van der Waals surface area contributed by atoms with Crippen LogP contribution in [0.2, 0.25) is 0 Å². The van der Waals surface area contributed by atoms with Crippen molar-refractivity contribution in [1.29, 1.82) is 0 Å². The Labute approximate surface area is 182 Å². The largest absolute Gasteiger partial charge is 0.337 e. The number of hydrazine groups is 1. The van der Waals surface area contributed by atoms with Crippen LogP contribution in [-0.4, -0.2) is 76.6 Å². The van der Waals surface area contributed by atoms with E-state index in [1.54, 1.807) is 39.0 Å². The van der Waals surface area contributed by atoms with Gasteiger partial charge in [0.05, 0.1) is 13.1 Å². The van der Waals surface area contributed by atoms with Gasteiger partial charge in [-0.05, 0) is 30.5 Å². The molecule has 1 aromatic carbocycles. The number of nitrogens with one attached hydrogen (secondary N) is 1. The Morgan fingerprint density at radius 1 is 1.16 bits per heavy atom. The average molecular weight is 434 g/mol. The molecular formula is C22H32FN5O3. The summed E-state index contributed by atoms with van der Waals surface area (Å²) in [4.78, 5) is 42.5. The van der Waals surface area contributed by atoms with Crippen LogP contribution < -0.4 is 5.32 Å². The van der Waals surface area contributed by atoms with E-state index in [0.717, 1.165) is 24.8 Å². The lowest BCUT2D eigenvalue weighted by Gasteiger charge is -2.54. The fourth-order valence-corrected chi connectivity index (χ4v) is 4.27. The molecule has 1 N–H and O–H groups in total. The van der Waals surface area contributed by atoms with Crippen molar-refractivity contribution in [2.45, 2.75) is 58.3 Å². The molecule has 9 heteroatoms. The number of piperazine rings is 1. The first-order chi connectivity index (χ1) is 14.9. The van der Waals surface area contributed by atoms with Crippen LogP contribution in [0.5, 0.6) is 0 Å². The van der Waals surface area contributed by atoms with E-state index >= 15 is 0 Å². The highest BCUT2D eigenvalue weighted by Gasteiger charge is 2.50. The average Bonchev–Trinajstić information content (AvgIpc) is 2.74. The Morgan fingerprint density at radius 3 is 2.52 bits per heavy atom. The first-order valence-corrected chi connectivity index (χ1v) is 11.0. The zero-order valence-electron chi connectivity index (χ0n) is 18.5. The summed E-state index contributed by atoms with van der Waals surface area (Å²) in [6, 6.07) is 5.04. The van der Waals surface area contributed by atoms with Crippen molar-refractivity contribution >= 4 is 17.8 Å². The lowest BCUT2D eigenvalue weighted by atomic mass is 10.0. The van der Waals surface area contributed by atoms with Gasteiger partial charge in [-0.2, -0.15) is 0 Å². The maximum atomic E-state index is 13.1. The summed E-state index contributed by atoms with van der Waals surface area (Å²) in [6.45, 7) is 5.23. The highest BCUT2D eigenvalue weighted by molar-refractivity contribution is 5.91. The standard InChI is InChI=1S/C22H32FN5O3/c1-4-6-12-26-14-19-27(18(7-5-2)21(26)30)20(29)15-25(3)28(19)22(31)24-13-16-8-10-17(23)11-9-16/h8-11,18-19H,4-7,12-15H2,1-3H3,(H,24,31)/t18-,19?/m0/s1. The Hall–Kier alpha value is -2.68. The lowest BCUT2D eigenvalue weighted by molar-refractivity contribution is -0.187. The Balaban J connectivity index is 1.81. The lowest BCUT2D eigenvalue weighted by Crippen LogP contribution is -2.75. The number of benzene rings is 1. The smallest absolute Gasteiger partial charge is 0.334 e. The molecule has 31 heavy (non-hydrogen) atoms. The number of likely N-dealkylation sites (N-methyl/N-ethyl adjacent to an activating group) is 1. The number of amides is 4. The van der Waals surface area contributed by atoms with E-state index < -0.39 is 12.2 Å². The van der Waals surface area contributed by atoms with Crippen LogP contribution in [0.3, 0.4) is 0 Å². The first kappa shape index (κ1) is 23.0. The Kier molecular flexibility index (Phi) is 7.48. The van der Waals surface area contributed by atoms with Crippen molar-refractivity contribution in [3.63, 3.8) is 0 Å². The molecule has 0 spiro atoms. The first-order valence-electron chi connectivity index (χ1n) is 11.0. The van der Waals surface area contributed by atoms with Crippen molar-refractivity contribution in [2.24, 2.45) is 0 Å². The van der Waals surface area contributed by atoms with Gasteiger partial charge in [0.2, 0.25) is 11.8 Å². The minimum Gasteiger partial charge on any atom is -0.337 e. The molecule has 1 unspecified atom stereocenters. The highest BCUT2D eigenvalue weighted by atomic mass is 19.1. The van der Waals surface area contributed by atoms with Crippen LogP contribution in [0.25, 0.3) is 0 Å². The molecule has 1 aromatic rings. The topological polar surface area (TPSA) is 76.2 Å². The quantitative estimate of drug-likeness (QED) is 0.715. The fraction of sp³-hybridized carbons (Fsp3) is 0.591. The van der Waals surface area contributed by atoms with E-state index in [1.807, 2.05) is 6.92 Å². The molecule has 2 aliphatic heterocycles. The number of hydrogen-bond acceptors (Lipinski definition) is 4. The van der Waals surface area contributed by atoms with Gasteiger partial charge in [0, 0.05) is 20.1 Å². The SMILES string of the molecule is CCCCN1CC2N(C(=O)CN(C)N2C(=O)NCc2ccc(F)cc2)[C@@H](CCC)C1=O. The summed E-state index contributed by atoms with van der Waals surface area (Å²) in [5, 5.41) is 6.02. The maximum absolute atomic E-state index is 13.1. The molecule has 0 aliphatic carbocycles. The summed E-state index contributed by atoms with van der Waals surface area (Å²) >= 11 is 0. The van der Waals surface area contributed by atoms with Crippen LogP contribution in [0, 0.1) is 5.82 Å². The predicted molar refractivity (Wildman–Crippen MR) is 114 cm³/mol. The molecule has 2 heterocycles. The van der Waals surface area contributed by atoms with Gasteiger partial charge < -0.3 is 15.1 Å². The third-order valence-electron chi connectivity index (χ3n) is 5.85. The summed E-state index contributed by atoms with van der Waals surface area (Å²) in [5.41, 5.74) is 0.773. The van der Waals surface area contributed by atoms with E-state index in [0.29, 0.717) is 19.5 Å². The van der Waals surface area contributed by atoms with Crippen molar-refractivity contribution in [2.75, 3.05) is 26.7 Å². The van der Waals surface area contributed by atoms with Crippen LogP contribution in [0.15, 0.2) is 24.3 Å². The van der Waals surface area contributed by atoms with Gasteiger partial charge in [0.1, 0.15) is 18.0 Å². The molecule has 0 radical (unpaired) electrons. The van der Waals surface area contributed by atoms with E-state index in [-0.39, 0.29) is 36.8 Å². The second kappa shape index (κ2) is 10.1. The van der Waals surface area contributed by atoms with Gasteiger partial charge in [-0.15, -0.1) is 0 Å². The number of carbonyl (C=O) groups excluding carboxylic acids is 3. The molecule has 8 nitrogen and oxygen atoms in total. The monoisotopic (exact) mass is 433 g/mol. The van der Waals surface area contributed by atoms with Gasteiger partial charge >= 0.3 is 6.03 Å². The fourth-order valence-electron chi connectivity index (χ4n) is 4.27. The van der Waals surface area contributed by atoms with E-state index in [9.17, 15) is 18.8 Å². The van der Waals surface area contributed by atoms with Gasteiger partial charge in [0.25, 0.3) is 0 Å². The van der Waals surface area contributed by atoms with Crippen LogP contribution >= 0.6 is 0 Å². The number of nitrogens with zero attached hydrogens (tertiary/aromatic N) is 4. The minimum absolute atomic E-state index is 0.0307. The van der Waals surface area contributed by atoms with Gasteiger partial charge in [-0.1, -0.05) is 38.8 Å². The third kappa shape index (κ3) is 4.98. The van der Waals surface area contributed by atoms with E-state index in [1.165, 1.54) is 12.1 Å². The summed E-state index contributed by atoms with van der Waals surface area (Å²) < 4.78 is 13.1. The molecule has 170 valence electrons. The van der Waals surface area contributed by atoms with Crippen molar-refractivity contribution in [3.05, 3.63) is 35.6 Å². The van der Waals surface area contributed by atoms with Crippen molar-refractivity contribution < 1.29 is 18.8 Å². The molecule has 2 fully saturated rings. The molecular weight excluding hydrogens is 401 g/mol. The Morgan fingerprint density at radius 2 is 1.87 bits per heavy atom. The number of fused-ring (bicyclic) bond motifs is 1. The van der Waals surface area contributed by atoms with Gasteiger partial charge in [-0.25, -0.2) is 19.2 Å². The van der Waals surface area contributed by atoms with Crippen molar-refractivity contribution in [3.8, 4) is 0 Å². The number of unbranched alkanes of at least 4 members (excludes halogenated alkanes) is 1. The van der Waals surface area contributed by atoms with Crippen LogP contribution in [0.4, 0.5) is 9.18 Å². The summed E-state index contributed by atoms with van der Waals surface area (Å²) in [6.07, 6.45) is 2.61. The number of rotatable bonds is 7. The zero-order valence-corrected chi connectivity index (χ0v) is 18.5. The van der Waals surface area contributed by atoms with Crippen molar-refractivity contribution in [1.82, 2.24) is 25.1 Å². The number of hydrogen-bond donors (Lipinski definition) is 1. The molecule has 0 saturated carbocycles. The zero-order chi connectivity index (χ0) is 22.5. The van der Waals surface area contributed by atoms with Crippen LogP contribution in [0.1, 0.15) is 45.1 Å². The molecule has 2 atom stereocenters. The molecule has 0 aromatic heterocycles. The number of halogens is 1. The van der Waals surface area contributed by atoms with E-state index in [2.05, 4.69) is 12.2 Å². The number of carbonyl (C=O) groups is 3. The maximum Gasteiger partial charge on any atom is 0.334 e. The molecule has 3 rings (SSSR count). The third-order valence-corrected chi connectivity index (χ3v) is 5.85. The predicted octanol–water partition coefficient (Wildman–Crippen LogP) is 2.16. The highest BCUT2D eigenvalue weighted by Crippen LogP contribution is 2.28.